The van der Waals surface area contributed by atoms with Crippen molar-refractivity contribution in [3.05, 3.63) is 18.6 Å². The van der Waals surface area contributed by atoms with Gasteiger partial charge in [-0.3, -0.25) is 9.88 Å². The number of fused-ring (bicyclic) bond motifs is 1. The zero-order valence-electron chi connectivity index (χ0n) is 14.0. The number of piperidine rings is 1. The monoisotopic (exact) mass is 350 g/mol. The first-order chi connectivity index (χ1) is 11.6. The number of anilines is 1. The van der Waals surface area contributed by atoms with Gasteiger partial charge in [0.25, 0.3) is 0 Å². The lowest BCUT2D eigenvalue weighted by Crippen LogP contribution is -2.49. The molecule has 24 heavy (non-hydrogen) atoms. The number of likely N-dealkylation sites (tertiary alicyclic amines) is 1. The number of hydrogen-bond donors (Lipinski definition) is 0. The Morgan fingerprint density at radius 3 is 2.62 bits per heavy atom. The lowest BCUT2D eigenvalue weighted by molar-refractivity contribution is 0.175. The summed E-state index contributed by atoms with van der Waals surface area (Å²) in [6.07, 6.45) is 9.51. The number of hydrogen-bond acceptors (Lipinski definition) is 6. The summed E-state index contributed by atoms with van der Waals surface area (Å²) in [7, 11) is -2.76. The summed E-state index contributed by atoms with van der Waals surface area (Å²) in [5.41, 5.74) is 0. The molecule has 6 nitrogen and oxygen atoms in total. The summed E-state index contributed by atoms with van der Waals surface area (Å²) in [6.45, 7) is 4.31. The number of nitrogens with zero attached hydrogens (tertiary/aromatic N) is 4. The van der Waals surface area contributed by atoms with Crippen molar-refractivity contribution in [2.45, 2.75) is 31.7 Å². The topological polar surface area (TPSA) is 66.4 Å². The molecule has 2 atom stereocenters. The molecule has 2 unspecified atom stereocenters. The van der Waals surface area contributed by atoms with Gasteiger partial charge in [-0.15, -0.1) is 0 Å². The maximum Gasteiger partial charge on any atom is 0.150 e. The fraction of sp³-hybridized carbons (Fsp3) is 0.765. The van der Waals surface area contributed by atoms with Gasteiger partial charge in [0.1, 0.15) is 15.7 Å². The molecule has 0 N–H and O–H groups in total. The number of aromatic nitrogens is 2. The standard InChI is InChI=1S/C17H26N4O2S/c22-24(23)9-3-14(4-10-24)12-20-7-1-15-2-8-21(13-16(15)20)17-11-18-5-6-19-17/h5-6,11,14-16H,1-4,7-10,12-13H2. The van der Waals surface area contributed by atoms with Crippen LogP contribution in [-0.2, 0) is 9.84 Å². The van der Waals surface area contributed by atoms with Crippen molar-refractivity contribution in [2.75, 3.05) is 42.6 Å². The summed E-state index contributed by atoms with van der Waals surface area (Å²) < 4.78 is 23.3. The van der Waals surface area contributed by atoms with Crippen molar-refractivity contribution in [1.29, 1.82) is 0 Å². The minimum Gasteiger partial charge on any atom is -0.354 e. The van der Waals surface area contributed by atoms with Crippen LogP contribution in [0.4, 0.5) is 5.82 Å². The third-order valence-corrected chi connectivity index (χ3v) is 7.73. The van der Waals surface area contributed by atoms with Crippen LogP contribution in [0.15, 0.2) is 18.6 Å². The van der Waals surface area contributed by atoms with E-state index in [9.17, 15) is 8.42 Å². The maximum absolute atomic E-state index is 11.6. The third kappa shape index (κ3) is 3.42. The van der Waals surface area contributed by atoms with Crippen molar-refractivity contribution in [3.8, 4) is 0 Å². The largest absolute Gasteiger partial charge is 0.354 e. The number of sulfone groups is 1. The highest BCUT2D eigenvalue weighted by atomic mass is 32.2. The molecule has 0 radical (unpaired) electrons. The first-order valence-electron chi connectivity index (χ1n) is 9.06. The molecule has 0 aromatic carbocycles. The predicted octanol–water partition coefficient (Wildman–Crippen LogP) is 1.20. The lowest BCUT2D eigenvalue weighted by atomic mass is 9.91. The second-order valence-corrected chi connectivity index (χ2v) is 9.81. The van der Waals surface area contributed by atoms with Gasteiger partial charge in [-0.25, -0.2) is 13.4 Å². The molecular formula is C17H26N4O2S. The second kappa shape index (κ2) is 6.59. The maximum atomic E-state index is 11.6. The van der Waals surface area contributed by atoms with Crippen LogP contribution in [-0.4, -0.2) is 67.0 Å². The molecular weight excluding hydrogens is 324 g/mol. The molecule has 3 aliphatic heterocycles. The Morgan fingerprint density at radius 1 is 1.08 bits per heavy atom. The zero-order chi connectivity index (χ0) is 16.6. The van der Waals surface area contributed by atoms with Crippen LogP contribution in [0.1, 0.15) is 25.7 Å². The van der Waals surface area contributed by atoms with Crippen LogP contribution in [0, 0.1) is 11.8 Å². The van der Waals surface area contributed by atoms with Crippen molar-refractivity contribution in [3.63, 3.8) is 0 Å². The number of rotatable bonds is 3. The second-order valence-electron chi connectivity index (χ2n) is 7.50. The molecule has 4 rings (SSSR count). The van der Waals surface area contributed by atoms with Crippen LogP contribution >= 0.6 is 0 Å². The summed E-state index contributed by atoms with van der Waals surface area (Å²) in [6, 6.07) is 0.583. The first-order valence-corrected chi connectivity index (χ1v) is 10.9. The molecule has 1 aromatic heterocycles. The molecule has 4 heterocycles. The average Bonchev–Trinajstić information content (AvgIpc) is 3.00. The van der Waals surface area contributed by atoms with Crippen molar-refractivity contribution < 1.29 is 8.42 Å². The van der Waals surface area contributed by atoms with Gasteiger partial charge in [-0.2, -0.15) is 0 Å². The molecule has 0 amide bonds. The van der Waals surface area contributed by atoms with Gasteiger partial charge in [0, 0.05) is 38.1 Å². The molecule has 132 valence electrons. The van der Waals surface area contributed by atoms with E-state index < -0.39 is 9.84 Å². The Kier molecular flexibility index (Phi) is 4.47. The molecule has 1 aromatic rings. The third-order valence-electron chi connectivity index (χ3n) is 6.02. The molecule has 0 aliphatic carbocycles. The zero-order valence-corrected chi connectivity index (χ0v) is 14.9. The molecule has 0 saturated carbocycles. The highest BCUT2D eigenvalue weighted by Crippen LogP contribution is 2.34. The molecule has 0 bridgehead atoms. The van der Waals surface area contributed by atoms with Gasteiger partial charge < -0.3 is 4.90 Å². The van der Waals surface area contributed by atoms with E-state index in [1.165, 1.54) is 12.8 Å². The summed E-state index contributed by atoms with van der Waals surface area (Å²) in [5.74, 6) is 3.06. The molecule has 3 saturated heterocycles. The first kappa shape index (κ1) is 16.3. The van der Waals surface area contributed by atoms with Gasteiger partial charge in [0.15, 0.2) is 0 Å². The van der Waals surface area contributed by atoms with Crippen molar-refractivity contribution in [1.82, 2.24) is 14.9 Å². The highest BCUT2D eigenvalue weighted by molar-refractivity contribution is 7.91. The van der Waals surface area contributed by atoms with Gasteiger partial charge in [0.2, 0.25) is 0 Å². The normalized spacial score (nSPS) is 31.1. The van der Waals surface area contributed by atoms with Crippen LogP contribution in [0.5, 0.6) is 0 Å². The SMILES string of the molecule is O=S1(=O)CCC(CN2CCC3CCN(c4cnccn4)CC32)CC1. The smallest absolute Gasteiger partial charge is 0.150 e. The fourth-order valence-electron chi connectivity index (χ4n) is 4.57. The van der Waals surface area contributed by atoms with E-state index in [1.54, 1.807) is 12.4 Å². The molecule has 0 spiro atoms. The van der Waals surface area contributed by atoms with Gasteiger partial charge in [-0.05, 0) is 44.1 Å². The quantitative estimate of drug-likeness (QED) is 0.816. The van der Waals surface area contributed by atoms with Crippen LogP contribution in [0.3, 0.4) is 0 Å². The van der Waals surface area contributed by atoms with E-state index in [4.69, 9.17) is 0 Å². The Balaban J connectivity index is 1.39. The molecule has 7 heteroatoms. The Morgan fingerprint density at radius 2 is 1.88 bits per heavy atom. The van der Waals surface area contributed by atoms with E-state index in [-0.39, 0.29) is 0 Å². The van der Waals surface area contributed by atoms with Crippen molar-refractivity contribution in [2.24, 2.45) is 11.8 Å². The minimum atomic E-state index is -2.76. The molecule has 3 aliphatic rings. The van der Waals surface area contributed by atoms with E-state index in [2.05, 4.69) is 19.8 Å². The van der Waals surface area contributed by atoms with E-state index in [1.807, 2.05) is 6.20 Å². The molecule has 3 fully saturated rings. The highest BCUT2D eigenvalue weighted by Gasteiger charge is 2.39. The Bertz CT molecular complexity index is 652. The van der Waals surface area contributed by atoms with Gasteiger partial charge >= 0.3 is 0 Å². The lowest BCUT2D eigenvalue weighted by Gasteiger charge is -2.40. The summed E-state index contributed by atoms with van der Waals surface area (Å²) in [4.78, 5) is 13.6. The van der Waals surface area contributed by atoms with E-state index in [0.29, 0.717) is 23.5 Å². The average molecular weight is 350 g/mol. The van der Waals surface area contributed by atoms with E-state index in [0.717, 1.165) is 50.8 Å². The minimum absolute atomic E-state index is 0.380. The van der Waals surface area contributed by atoms with Gasteiger partial charge in [-0.1, -0.05) is 0 Å². The van der Waals surface area contributed by atoms with Crippen LogP contribution < -0.4 is 4.90 Å². The Labute approximate surface area is 144 Å². The predicted molar refractivity (Wildman–Crippen MR) is 93.7 cm³/mol. The van der Waals surface area contributed by atoms with E-state index >= 15 is 0 Å². The summed E-state index contributed by atoms with van der Waals surface area (Å²) >= 11 is 0. The van der Waals surface area contributed by atoms with Gasteiger partial charge in [0.05, 0.1) is 17.7 Å². The summed E-state index contributed by atoms with van der Waals surface area (Å²) in [5, 5.41) is 0. The Hall–Kier alpha value is -1.21. The van der Waals surface area contributed by atoms with Crippen molar-refractivity contribution >= 4 is 15.7 Å². The van der Waals surface area contributed by atoms with Crippen LogP contribution in [0.25, 0.3) is 0 Å². The van der Waals surface area contributed by atoms with Crippen LogP contribution in [0.2, 0.25) is 0 Å². The fourth-order valence-corrected chi connectivity index (χ4v) is 6.16.